The number of cyclic esters (lactones) is 1. The quantitative estimate of drug-likeness (QED) is 0.156. The van der Waals surface area contributed by atoms with Crippen LogP contribution in [0.1, 0.15) is 110 Å². The van der Waals surface area contributed by atoms with E-state index in [4.69, 9.17) is 9.47 Å². The smallest absolute Gasteiger partial charge is 0.410 e. The zero-order chi connectivity index (χ0) is 23.5. The van der Waals surface area contributed by atoms with Crippen molar-refractivity contribution in [1.82, 2.24) is 4.90 Å². The van der Waals surface area contributed by atoms with Crippen LogP contribution in [0.4, 0.5) is 4.79 Å². The Morgan fingerprint density at radius 3 is 1.88 bits per heavy atom. The van der Waals surface area contributed by atoms with Crippen LogP contribution >= 0.6 is 0 Å². The largest absolute Gasteiger partial charge is 1.00 e. The van der Waals surface area contributed by atoms with Crippen molar-refractivity contribution in [2.75, 3.05) is 53.5 Å². The Morgan fingerprint density at radius 2 is 1.36 bits per heavy atom. The Labute approximate surface area is 216 Å². The molecule has 1 atom stereocenters. The van der Waals surface area contributed by atoms with Gasteiger partial charge in [-0.05, 0) is 13.3 Å². The van der Waals surface area contributed by atoms with E-state index in [1.165, 1.54) is 83.5 Å². The average molecular weight is 536 g/mol. The van der Waals surface area contributed by atoms with Gasteiger partial charge in [0.2, 0.25) is 0 Å². The molecule has 0 spiro atoms. The summed E-state index contributed by atoms with van der Waals surface area (Å²) in [5.74, 6) is 0. The molecule has 1 saturated heterocycles. The van der Waals surface area contributed by atoms with Crippen molar-refractivity contribution in [1.29, 1.82) is 0 Å². The van der Waals surface area contributed by atoms with Gasteiger partial charge in [0.05, 0.1) is 40.3 Å². The number of ether oxygens (including phenoxy) is 2. The maximum Gasteiger partial charge on any atom is 0.410 e. The summed E-state index contributed by atoms with van der Waals surface area (Å²) in [7, 11) is 4.46. The predicted octanol–water partition coefficient (Wildman–Crippen LogP) is 3.80. The molecule has 1 unspecified atom stereocenters. The molecule has 1 rings (SSSR count). The highest BCUT2D eigenvalue weighted by Crippen LogP contribution is 2.14. The lowest BCUT2D eigenvalue weighted by Crippen LogP contribution is -3.00. The van der Waals surface area contributed by atoms with Gasteiger partial charge in [-0.2, -0.15) is 0 Å². The lowest BCUT2D eigenvalue weighted by atomic mass is 10.0. The maximum absolute atomic E-state index is 12.0. The van der Waals surface area contributed by atoms with Gasteiger partial charge in [0.15, 0.2) is 0 Å². The second-order valence-electron chi connectivity index (χ2n) is 10.5. The number of carbonyl (C=O) groups excluding carboxylic acids is 1. The van der Waals surface area contributed by atoms with Crippen molar-refractivity contribution in [3.63, 3.8) is 0 Å². The van der Waals surface area contributed by atoms with Crippen molar-refractivity contribution in [2.45, 2.75) is 116 Å². The average Bonchev–Trinajstić information content (AvgIpc) is 3.12. The fraction of sp³-hybridized carbons (Fsp3) is 0.963. The lowest BCUT2D eigenvalue weighted by molar-refractivity contribution is -0.888. The summed E-state index contributed by atoms with van der Waals surface area (Å²) in [6.07, 6.45) is 19.9. The fourth-order valence-electron chi connectivity index (χ4n) is 4.31. The molecular weight excluding hydrogens is 480 g/mol. The minimum absolute atomic E-state index is 0. The molecule has 0 aromatic heterocycles. The van der Waals surface area contributed by atoms with Crippen molar-refractivity contribution < 1.29 is 35.7 Å². The zero-order valence-corrected chi connectivity index (χ0v) is 24.0. The highest BCUT2D eigenvalue weighted by molar-refractivity contribution is 5.69. The van der Waals surface area contributed by atoms with Gasteiger partial charge in [0.25, 0.3) is 0 Å². The minimum Gasteiger partial charge on any atom is -1.00 e. The minimum atomic E-state index is -0.170. The van der Waals surface area contributed by atoms with Crippen molar-refractivity contribution in [2.24, 2.45) is 0 Å². The van der Waals surface area contributed by atoms with Crippen molar-refractivity contribution in [3.05, 3.63) is 0 Å². The third-order valence-electron chi connectivity index (χ3n) is 6.94. The van der Waals surface area contributed by atoms with E-state index in [0.717, 1.165) is 43.6 Å². The molecule has 5 nitrogen and oxygen atoms in total. The van der Waals surface area contributed by atoms with Gasteiger partial charge in [-0.1, -0.05) is 90.4 Å². The Bertz CT molecular complexity index is 463. The molecule has 1 heterocycles. The normalized spacial score (nSPS) is 16.2. The zero-order valence-electron chi connectivity index (χ0n) is 22.4. The van der Waals surface area contributed by atoms with E-state index < -0.39 is 0 Å². The molecule has 6 heteroatoms. The number of hydrogen-bond donors (Lipinski definition) is 0. The third kappa shape index (κ3) is 17.7. The molecular formula is C27H55BrN2O3. The van der Waals surface area contributed by atoms with Gasteiger partial charge >= 0.3 is 6.09 Å². The molecule has 198 valence electrons. The summed E-state index contributed by atoms with van der Waals surface area (Å²) < 4.78 is 12.2. The molecule has 1 aliphatic rings. The molecule has 1 amide bonds. The van der Waals surface area contributed by atoms with Gasteiger partial charge in [0, 0.05) is 19.6 Å². The van der Waals surface area contributed by atoms with Crippen molar-refractivity contribution in [3.8, 4) is 0 Å². The fourth-order valence-corrected chi connectivity index (χ4v) is 4.31. The molecule has 0 radical (unpaired) electrons. The Kier molecular flexibility index (Phi) is 20.8. The standard InChI is InChI=1S/C27H55N2O3.BrH/c1-5-7-8-9-10-11-12-13-14-15-16-17-18-19-23-31-25-26-24-28(27(30)32-26)21-20-22-29(3,4)6-2;/h26H,5-25H2,1-4H3;1H/q+1;/p-1. The van der Waals surface area contributed by atoms with Gasteiger partial charge in [-0.25, -0.2) is 4.79 Å². The van der Waals surface area contributed by atoms with Gasteiger partial charge < -0.3 is 35.8 Å². The molecule has 0 N–H and O–H groups in total. The molecule has 33 heavy (non-hydrogen) atoms. The number of unbranched alkanes of at least 4 members (excludes halogenated alkanes) is 13. The molecule has 1 aliphatic heterocycles. The second-order valence-corrected chi connectivity index (χ2v) is 10.5. The highest BCUT2D eigenvalue weighted by atomic mass is 79.9. The molecule has 0 saturated carbocycles. The van der Waals surface area contributed by atoms with Crippen LogP contribution in [0.25, 0.3) is 0 Å². The summed E-state index contributed by atoms with van der Waals surface area (Å²) in [6, 6.07) is 0. The van der Waals surface area contributed by atoms with Gasteiger partial charge in [-0.3, -0.25) is 0 Å². The first-order chi connectivity index (χ1) is 15.5. The number of halogens is 1. The van der Waals surface area contributed by atoms with Gasteiger partial charge in [-0.15, -0.1) is 0 Å². The van der Waals surface area contributed by atoms with E-state index in [0.29, 0.717) is 13.2 Å². The Hall–Kier alpha value is -0.330. The SMILES string of the molecule is CCCCCCCCCCCCCCCCOCC1CN(CCC[N+](C)(C)CC)C(=O)O1.[Br-]. The number of carbonyl (C=O) groups is 1. The number of quaternary nitrogens is 1. The van der Waals surface area contributed by atoms with Crippen molar-refractivity contribution >= 4 is 6.09 Å². The van der Waals surface area contributed by atoms with Crippen LogP contribution in [0.5, 0.6) is 0 Å². The monoisotopic (exact) mass is 534 g/mol. The van der Waals surface area contributed by atoms with E-state index in [-0.39, 0.29) is 29.2 Å². The number of rotatable bonds is 22. The first-order valence-corrected chi connectivity index (χ1v) is 13.8. The second kappa shape index (κ2) is 21.0. The Morgan fingerprint density at radius 1 is 0.848 bits per heavy atom. The van der Waals surface area contributed by atoms with Crippen LogP contribution in [0.3, 0.4) is 0 Å². The van der Waals surface area contributed by atoms with Crippen LogP contribution in [-0.4, -0.2) is 75.1 Å². The molecule has 0 bridgehead atoms. The number of amides is 1. The highest BCUT2D eigenvalue weighted by Gasteiger charge is 2.31. The summed E-state index contributed by atoms with van der Waals surface area (Å²) in [4.78, 5) is 13.9. The van der Waals surface area contributed by atoms with E-state index in [9.17, 15) is 4.79 Å². The van der Waals surface area contributed by atoms with E-state index in [1.54, 1.807) is 0 Å². The molecule has 0 aromatic carbocycles. The topological polar surface area (TPSA) is 38.8 Å². The van der Waals surface area contributed by atoms with E-state index in [2.05, 4.69) is 27.9 Å². The maximum atomic E-state index is 12.0. The Balaban J connectivity index is 0.0000102. The molecule has 1 fully saturated rings. The van der Waals surface area contributed by atoms with Crippen LogP contribution in [0.2, 0.25) is 0 Å². The molecule has 0 aliphatic carbocycles. The summed E-state index contributed by atoms with van der Waals surface area (Å²) >= 11 is 0. The van der Waals surface area contributed by atoms with Crippen LogP contribution in [-0.2, 0) is 9.47 Å². The van der Waals surface area contributed by atoms with Crippen LogP contribution in [0.15, 0.2) is 0 Å². The van der Waals surface area contributed by atoms with E-state index in [1.807, 2.05) is 4.90 Å². The first-order valence-electron chi connectivity index (χ1n) is 13.8. The van der Waals surface area contributed by atoms with E-state index >= 15 is 0 Å². The van der Waals surface area contributed by atoms with Gasteiger partial charge in [0.1, 0.15) is 6.10 Å². The summed E-state index contributed by atoms with van der Waals surface area (Å²) in [6.45, 7) is 9.47. The number of hydrogen-bond acceptors (Lipinski definition) is 3. The predicted molar refractivity (Wildman–Crippen MR) is 135 cm³/mol. The molecule has 0 aromatic rings. The third-order valence-corrected chi connectivity index (χ3v) is 6.94. The summed E-state index contributed by atoms with van der Waals surface area (Å²) in [5.41, 5.74) is 0. The first kappa shape index (κ1) is 32.7. The van der Waals surface area contributed by atoms with Crippen LogP contribution < -0.4 is 17.0 Å². The van der Waals surface area contributed by atoms with Crippen LogP contribution in [0, 0.1) is 0 Å². The lowest BCUT2D eigenvalue weighted by Gasteiger charge is -2.28. The number of nitrogens with zero attached hydrogens (tertiary/aromatic N) is 2. The summed E-state index contributed by atoms with van der Waals surface area (Å²) in [5, 5.41) is 0.